The monoisotopic (exact) mass is 1040 g/mol. The molecule has 0 aliphatic carbocycles. The van der Waals surface area contributed by atoms with Crippen molar-refractivity contribution < 1.29 is 14.6 Å². The number of hydrogen-bond donors (Lipinski definition) is 1. The number of rotatable bonds is 6. The fourth-order valence-electron chi connectivity index (χ4n) is 1.08. The lowest BCUT2D eigenvalue weighted by molar-refractivity contribution is -0.140. The number of halogens is 20. The van der Waals surface area contributed by atoms with Crippen LogP contribution in [0.15, 0.2) is 0 Å². The molecule has 0 aromatic rings. The van der Waals surface area contributed by atoms with Crippen LogP contribution in [0.3, 0.4) is 0 Å². The first kappa shape index (κ1) is 78.4. The molecule has 0 bridgehead atoms. The number of ether oxygens (including phenoxy) is 1. The van der Waals surface area contributed by atoms with Gasteiger partial charge in [0.15, 0.2) is 0 Å². The summed E-state index contributed by atoms with van der Waals surface area (Å²) in [5, 5.41) is 10.5. The number of alkyl halides is 20. The van der Waals surface area contributed by atoms with Crippen LogP contribution in [0.1, 0.15) is 47.0 Å². The normalized spacial score (nSPS) is 8.48. The average molecular weight is 1050 g/mol. The van der Waals surface area contributed by atoms with Crippen LogP contribution in [0.25, 0.3) is 0 Å². The van der Waals surface area contributed by atoms with E-state index in [1.54, 1.807) is 6.92 Å². The molecular weight excluding hydrogens is 1010 g/mol. The smallest absolute Gasteiger partial charge is 0.302 e. The van der Waals surface area contributed by atoms with Gasteiger partial charge < -0.3 is 9.84 Å². The van der Waals surface area contributed by atoms with Crippen molar-refractivity contribution in [3.63, 3.8) is 0 Å². The SMILES string of the molecule is CCCCC(C)C(Cl)(Cl)CO.CCOC(C)=O.ClCCl.ClCCl.ClCCl.ClCCl.ClCCl.ClCCl.ClCCl.ClCCl.ClCCl. The summed E-state index contributed by atoms with van der Waals surface area (Å²) in [6, 6.07) is 0. The quantitative estimate of drug-likeness (QED) is 0.213. The van der Waals surface area contributed by atoms with E-state index in [2.05, 4.69) is 11.7 Å². The van der Waals surface area contributed by atoms with Gasteiger partial charge in [-0.25, -0.2) is 0 Å². The van der Waals surface area contributed by atoms with Gasteiger partial charge in [-0.15, -0.1) is 209 Å². The Morgan fingerprint density at radius 2 is 0.795 bits per heavy atom. The number of carbonyl (C=O) groups is 1. The molecule has 0 aliphatic heterocycles. The van der Waals surface area contributed by atoms with Crippen LogP contribution in [0.2, 0.25) is 0 Å². The molecule has 44 heavy (non-hydrogen) atoms. The minimum atomic E-state index is -0.949. The molecule has 0 rings (SSSR count). The summed E-state index contributed by atoms with van der Waals surface area (Å²) in [5.41, 5.74) is 0. The zero-order chi connectivity index (χ0) is 38.3. The molecule has 1 unspecified atom stereocenters. The highest BCUT2D eigenvalue weighted by atomic mass is 35.6. The van der Waals surface area contributed by atoms with Gasteiger partial charge in [-0.2, -0.15) is 0 Å². The van der Waals surface area contributed by atoms with Crippen LogP contribution in [0.5, 0.6) is 0 Å². The van der Waals surface area contributed by atoms with Gasteiger partial charge in [-0.05, 0) is 19.3 Å². The summed E-state index contributed by atoms with van der Waals surface area (Å²) in [5.74, 6) is -0.0479. The fraction of sp³-hybridized carbons (Fsp3) is 0.952. The average Bonchev–Trinajstić information content (AvgIpc) is 2.92. The standard InChI is InChI=1S/C8H16Cl2O.C4H8O2.9CH2Cl2/c1-3-4-5-7(2)8(9,10)6-11;1-3-6-4(2)5;9*2-1-3/h7,11H,3-6H2,1-2H3;3H2,1-2H3;9*1H2. The molecule has 1 N–H and O–H groups in total. The second-order valence-electron chi connectivity index (χ2n) is 4.80. The summed E-state index contributed by atoms with van der Waals surface area (Å²) < 4.78 is 3.45. The Kier molecular flexibility index (Phi) is 184. The highest BCUT2D eigenvalue weighted by molar-refractivity contribution is 6.48. The molecule has 0 aromatic heterocycles. The van der Waals surface area contributed by atoms with E-state index in [9.17, 15) is 4.79 Å². The molecule has 0 aromatic carbocycles. The highest BCUT2D eigenvalue weighted by Crippen LogP contribution is 2.32. The summed E-state index contributed by atoms with van der Waals surface area (Å²) in [7, 11) is 0. The first-order chi connectivity index (χ1) is 20.5. The van der Waals surface area contributed by atoms with E-state index in [-0.39, 0.29) is 66.5 Å². The first-order valence-corrected chi connectivity index (χ1v) is 21.1. The van der Waals surface area contributed by atoms with Crippen molar-refractivity contribution >= 4 is 238 Å². The van der Waals surface area contributed by atoms with Gasteiger partial charge in [0.05, 0.1) is 61.3 Å². The van der Waals surface area contributed by atoms with E-state index in [4.69, 9.17) is 237 Å². The van der Waals surface area contributed by atoms with E-state index < -0.39 is 4.33 Å². The van der Waals surface area contributed by atoms with Crippen LogP contribution >= 0.6 is 232 Å². The topological polar surface area (TPSA) is 46.5 Å². The molecule has 0 saturated heterocycles. The van der Waals surface area contributed by atoms with Gasteiger partial charge in [-0.3, -0.25) is 4.79 Å². The third-order valence-electron chi connectivity index (χ3n) is 2.27. The van der Waals surface area contributed by atoms with E-state index in [0.717, 1.165) is 19.3 Å². The molecule has 1 atom stereocenters. The van der Waals surface area contributed by atoms with Crippen LogP contribution in [-0.2, 0) is 9.53 Å². The largest absolute Gasteiger partial charge is 0.466 e. The third-order valence-corrected chi connectivity index (χ3v) is 3.25. The minimum absolute atomic E-state index is 0.163. The van der Waals surface area contributed by atoms with Crippen molar-refractivity contribution in [2.45, 2.75) is 51.3 Å². The predicted molar refractivity (Wildman–Crippen MR) is 222 cm³/mol. The van der Waals surface area contributed by atoms with Crippen LogP contribution < -0.4 is 0 Å². The van der Waals surface area contributed by atoms with E-state index >= 15 is 0 Å². The number of carbonyl (C=O) groups excluding carboxylic acids is 1. The van der Waals surface area contributed by atoms with Gasteiger partial charge in [0, 0.05) is 6.92 Å². The molecule has 0 saturated carbocycles. The lowest BCUT2D eigenvalue weighted by atomic mass is 10.0. The lowest BCUT2D eigenvalue weighted by Crippen LogP contribution is -2.27. The van der Waals surface area contributed by atoms with Gasteiger partial charge in [-0.1, -0.05) is 49.9 Å². The summed E-state index contributed by atoms with van der Waals surface area (Å²) in [6.07, 6.45) is 3.23. The molecule has 0 radical (unpaired) electrons. The third kappa shape index (κ3) is 224. The van der Waals surface area contributed by atoms with Gasteiger partial charge >= 0.3 is 5.97 Å². The maximum atomic E-state index is 9.82. The summed E-state index contributed by atoms with van der Waals surface area (Å²) >= 11 is 97.4. The van der Waals surface area contributed by atoms with Crippen molar-refractivity contribution in [3.8, 4) is 0 Å². The second-order valence-corrected chi connectivity index (χ2v) is 13.6. The van der Waals surface area contributed by atoms with Crippen molar-refractivity contribution in [2.24, 2.45) is 5.92 Å². The Hall–Kier alpha value is 5.23. The zero-order valence-electron chi connectivity index (χ0n) is 24.3. The van der Waals surface area contributed by atoms with Gasteiger partial charge in [0.1, 0.15) is 4.33 Å². The Morgan fingerprint density at radius 1 is 0.591 bits per heavy atom. The van der Waals surface area contributed by atoms with Crippen LogP contribution in [0, 0.1) is 5.92 Å². The maximum Gasteiger partial charge on any atom is 0.302 e. The molecule has 0 aliphatic rings. The lowest BCUT2D eigenvalue weighted by Gasteiger charge is -2.24. The number of aliphatic hydroxyl groups excluding tert-OH is 1. The Morgan fingerprint density at radius 3 is 0.886 bits per heavy atom. The van der Waals surface area contributed by atoms with Gasteiger partial charge in [0.25, 0.3) is 0 Å². The van der Waals surface area contributed by atoms with E-state index in [1.807, 2.05) is 6.92 Å². The van der Waals surface area contributed by atoms with E-state index in [0.29, 0.717) is 6.61 Å². The second kappa shape index (κ2) is 104. The number of esters is 1. The minimum Gasteiger partial charge on any atom is -0.466 e. The maximum absolute atomic E-state index is 9.82. The van der Waals surface area contributed by atoms with Crippen molar-refractivity contribution in [1.29, 1.82) is 0 Å². The Balaban J connectivity index is -0.0000000320. The van der Waals surface area contributed by atoms with E-state index in [1.165, 1.54) is 6.92 Å². The predicted octanol–water partition coefficient (Wildman–Crippen LogP) is 16.3. The molecule has 0 spiro atoms. The van der Waals surface area contributed by atoms with Gasteiger partial charge in [0.2, 0.25) is 0 Å². The number of unbranched alkanes of at least 4 members (excludes halogenated alkanes) is 1. The Labute approximate surface area is 366 Å². The number of hydrogen-bond acceptors (Lipinski definition) is 3. The van der Waals surface area contributed by atoms with Crippen LogP contribution in [-0.4, -0.2) is 76.7 Å². The van der Waals surface area contributed by atoms with Crippen molar-refractivity contribution in [1.82, 2.24) is 0 Å². The highest BCUT2D eigenvalue weighted by Gasteiger charge is 2.29. The molecule has 3 nitrogen and oxygen atoms in total. The molecule has 0 heterocycles. The molecule has 0 fully saturated rings. The van der Waals surface area contributed by atoms with Crippen LogP contribution in [0.4, 0.5) is 0 Å². The van der Waals surface area contributed by atoms with Crippen molar-refractivity contribution in [3.05, 3.63) is 0 Å². The first-order valence-electron chi connectivity index (χ1n) is 10.7. The fourth-order valence-corrected chi connectivity index (χ4v) is 1.30. The molecule has 284 valence electrons. The molecule has 23 heteroatoms. The number of aliphatic hydroxyl groups is 1. The molecule has 0 amide bonds. The summed E-state index contributed by atoms with van der Waals surface area (Å²) in [6.45, 7) is 7.57. The zero-order valence-corrected chi connectivity index (χ0v) is 39.4. The Bertz CT molecular complexity index is 315. The summed E-state index contributed by atoms with van der Waals surface area (Å²) in [4.78, 5) is 9.82. The molecular formula is C21H42Cl20O3. The van der Waals surface area contributed by atoms with Crippen molar-refractivity contribution in [2.75, 3.05) is 61.3 Å².